The summed E-state index contributed by atoms with van der Waals surface area (Å²) in [5, 5.41) is 0.496. The monoisotopic (exact) mass is 332 g/mol. The first-order chi connectivity index (χ1) is 8.09. The van der Waals surface area contributed by atoms with Gasteiger partial charge in [0.15, 0.2) is 0 Å². The van der Waals surface area contributed by atoms with Gasteiger partial charge in [0, 0.05) is 5.69 Å². The molecule has 1 N–H and O–H groups in total. The lowest BCUT2D eigenvalue weighted by Gasteiger charge is -2.22. The molecule has 0 spiro atoms. The Morgan fingerprint density at radius 3 is 2.82 bits per heavy atom. The zero-order chi connectivity index (χ0) is 12.4. The summed E-state index contributed by atoms with van der Waals surface area (Å²) in [6, 6.07) is 0. The molecule has 1 atom stereocenters. The number of nitrogens with one attached hydrogen (secondary N) is 1. The number of rotatable bonds is 2. The Labute approximate surface area is 120 Å². The molecule has 0 amide bonds. The van der Waals surface area contributed by atoms with Crippen LogP contribution in [0.25, 0.3) is 0 Å². The summed E-state index contributed by atoms with van der Waals surface area (Å²) < 4.78 is 1.64. The fourth-order valence-electron chi connectivity index (χ4n) is 2.00. The van der Waals surface area contributed by atoms with Crippen molar-refractivity contribution < 1.29 is 0 Å². The minimum atomic E-state index is 0.432. The van der Waals surface area contributed by atoms with E-state index >= 15 is 0 Å². The molecular weight excluding hydrogens is 316 g/mol. The summed E-state index contributed by atoms with van der Waals surface area (Å²) in [6.45, 7) is 4.34. The lowest BCUT2D eigenvalue weighted by atomic mass is 10.1. The summed E-state index contributed by atoms with van der Waals surface area (Å²) in [5.74, 6) is 2.73. The van der Waals surface area contributed by atoms with Crippen LogP contribution >= 0.6 is 39.9 Å². The lowest BCUT2D eigenvalue weighted by molar-refractivity contribution is 0.651. The average molecular weight is 333 g/mol. The highest BCUT2D eigenvalue weighted by molar-refractivity contribution is 9.10. The first-order valence-electron chi connectivity index (χ1n) is 6.00. The highest BCUT2D eigenvalue weighted by Gasteiger charge is 2.20. The molecule has 2 rings (SSSR count). The molecule has 5 heteroatoms. The second-order valence-electron chi connectivity index (χ2n) is 4.66. The maximum Gasteiger partial charge on any atom is 0.144 e. The fourth-order valence-corrected chi connectivity index (χ4v) is 4.11. The molecule has 0 radical (unpaired) electrons. The van der Waals surface area contributed by atoms with Crippen molar-refractivity contribution in [3.63, 3.8) is 0 Å². The van der Waals surface area contributed by atoms with Crippen LogP contribution in [0, 0.1) is 4.64 Å². The van der Waals surface area contributed by atoms with Gasteiger partial charge < -0.3 is 4.98 Å². The molecule has 0 bridgehead atoms. The van der Waals surface area contributed by atoms with Crippen molar-refractivity contribution in [3.05, 3.63) is 20.6 Å². The highest BCUT2D eigenvalue weighted by atomic mass is 79.9. The van der Waals surface area contributed by atoms with Crippen LogP contribution in [0.5, 0.6) is 0 Å². The lowest BCUT2D eigenvalue weighted by Crippen LogP contribution is -2.09. The molecule has 1 aliphatic heterocycles. The average Bonchev–Trinajstić information content (AvgIpc) is 2.33. The van der Waals surface area contributed by atoms with Gasteiger partial charge in [0.05, 0.1) is 9.72 Å². The summed E-state index contributed by atoms with van der Waals surface area (Å²) in [6.07, 6.45) is 3.84. The Morgan fingerprint density at radius 1 is 1.47 bits per heavy atom. The highest BCUT2D eigenvalue weighted by Crippen LogP contribution is 2.37. The zero-order valence-corrected chi connectivity index (χ0v) is 13.3. The molecule has 1 aromatic rings. The Morgan fingerprint density at radius 2 is 2.24 bits per heavy atom. The van der Waals surface area contributed by atoms with Crippen molar-refractivity contribution >= 4 is 39.9 Å². The Kier molecular flexibility index (Phi) is 4.66. The van der Waals surface area contributed by atoms with Crippen LogP contribution in [0.2, 0.25) is 0 Å². The van der Waals surface area contributed by atoms with Gasteiger partial charge in [0.2, 0.25) is 0 Å². The maximum absolute atomic E-state index is 5.33. The first kappa shape index (κ1) is 13.6. The van der Waals surface area contributed by atoms with E-state index in [4.69, 9.17) is 12.2 Å². The molecule has 2 heterocycles. The molecule has 1 aromatic heterocycles. The molecular formula is C12H17BrN2S2. The van der Waals surface area contributed by atoms with Gasteiger partial charge >= 0.3 is 0 Å². The largest absolute Gasteiger partial charge is 0.345 e. The van der Waals surface area contributed by atoms with Crippen molar-refractivity contribution in [3.8, 4) is 0 Å². The van der Waals surface area contributed by atoms with E-state index in [1.54, 1.807) is 0 Å². The minimum Gasteiger partial charge on any atom is -0.345 e. The fraction of sp³-hybridized carbons (Fsp3) is 0.667. The van der Waals surface area contributed by atoms with Crippen LogP contribution in [-0.4, -0.2) is 15.7 Å². The number of hydrogen-bond donors (Lipinski definition) is 1. The SMILES string of the molecule is CC(C)c1[nH]c(C2CCCCS2)nc(=S)c1Br. The molecule has 1 fully saturated rings. The van der Waals surface area contributed by atoms with E-state index in [1.165, 1.54) is 30.7 Å². The quantitative estimate of drug-likeness (QED) is 0.774. The van der Waals surface area contributed by atoms with E-state index in [1.807, 2.05) is 11.8 Å². The van der Waals surface area contributed by atoms with Gasteiger partial charge in [0.25, 0.3) is 0 Å². The Bertz CT molecular complexity index is 450. The standard InChI is InChI=1S/C12H17BrN2S2/c1-7(2)10-9(13)12(16)15-11(14-10)8-5-3-4-6-17-8/h7-8H,3-6H2,1-2H3,(H,14,15,16). The predicted octanol–water partition coefficient (Wildman–Crippen LogP) is 4.98. The van der Waals surface area contributed by atoms with Gasteiger partial charge in [-0.1, -0.05) is 32.5 Å². The molecule has 2 nitrogen and oxygen atoms in total. The molecule has 1 saturated heterocycles. The second-order valence-corrected chi connectivity index (χ2v) is 7.16. The van der Waals surface area contributed by atoms with Crippen molar-refractivity contribution in [1.82, 2.24) is 9.97 Å². The number of nitrogens with zero attached hydrogens (tertiary/aromatic N) is 1. The summed E-state index contributed by atoms with van der Waals surface area (Å²) in [7, 11) is 0. The van der Waals surface area contributed by atoms with Crippen molar-refractivity contribution in [2.45, 2.75) is 44.3 Å². The number of halogens is 1. The maximum atomic E-state index is 5.33. The van der Waals surface area contributed by atoms with Gasteiger partial charge in [-0.2, -0.15) is 11.8 Å². The van der Waals surface area contributed by atoms with Gasteiger partial charge in [0.1, 0.15) is 10.5 Å². The molecule has 0 aliphatic carbocycles. The number of hydrogen-bond acceptors (Lipinski definition) is 3. The van der Waals surface area contributed by atoms with Gasteiger partial charge in [-0.05, 0) is 40.4 Å². The van der Waals surface area contributed by atoms with Crippen molar-refractivity contribution in [2.24, 2.45) is 0 Å². The van der Waals surface area contributed by atoms with Crippen molar-refractivity contribution in [1.29, 1.82) is 0 Å². The number of H-pyrrole nitrogens is 1. The molecule has 94 valence electrons. The van der Waals surface area contributed by atoms with Crippen LogP contribution in [-0.2, 0) is 0 Å². The summed E-state index contributed by atoms with van der Waals surface area (Å²) in [4.78, 5) is 8.01. The first-order valence-corrected chi connectivity index (χ1v) is 8.25. The van der Waals surface area contributed by atoms with Crippen LogP contribution in [0.4, 0.5) is 0 Å². The molecule has 0 aromatic carbocycles. The van der Waals surface area contributed by atoms with Crippen LogP contribution in [0.3, 0.4) is 0 Å². The van der Waals surface area contributed by atoms with Crippen LogP contribution < -0.4 is 0 Å². The van der Waals surface area contributed by atoms with E-state index in [0.29, 0.717) is 15.8 Å². The molecule has 1 unspecified atom stereocenters. The third-order valence-electron chi connectivity index (χ3n) is 2.97. The predicted molar refractivity (Wildman–Crippen MR) is 80.3 cm³/mol. The van der Waals surface area contributed by atoms with E-state index in [2.05, 4.69) is 39.7 Å². The summed E-state index contributed by atoms with van der Waals surface area (Å²) in [5.41, 5.74) is 1.17. The third kappa shape index (κ3) is 3.12. The third-order valence-corrected chi connectivity index (χ3v) is 5.72. The second kappa shape index (κ2) is 5.85. The van der Waals surface area contributed by atoms with E-state index in [9.17, 15) is 0 Å². The molecule has 0 saturated carbocycles. The van der Waals surface area contributed by atoms with Crippen LogP contribution in [0.1, 0.15) is 55.8 Å². The van der Waals surface area contributed by atoms with Gasteiger partial charge in [-0.3, -0.25) is 0 Å². The Hall–Kier alpha value is 0.130. The van der Waals surface area contributed by atoms with Gasteiger partial charge in [-0.25, -0.2) is 4.98 Å². The molecule has 17 heavy (non-hydrogen) atoms. The van der Waals surface area contributed by atoms with Gasteiger partial charge in [-0.15, -0.1) is 0 Å². The van der Waals surface area contributed by atoms with E-state index < -0.39 is 0 Å². The van der Waals surface area contributed by atoms with Crippen molar-refractivity contribution in [2.75, 3.05) is 5.75 Å². The molecule has 1 aliphatic rings. The topological polar surface area (TPSA) is 28.7 Å². The number of thioether (sulfide) groups is 1. The van der Waals surface area contributed by atoms with E-state index in [-0.39, 0.29) is 0 Å². The number of aromatic nitrogens is 2. The summed E-state index contributed by atoms with van der Waals surface area (Å²) >= 11 is 10.9. The smallest absolute Gasteiger partial charge is 0.144 e. The Balaban J connectivity index is 2.37. The zero-order valence-electron chi connectivity index (χ0n) is 10.1. The van der Waals surface area contributed by atoms with E-state index in [0.717, 1.165) is 10.3 Å². The minimum absolute atomic E-state index is 0.432. The number of aromatic amines is 1. The normalized spacial score (nSPS) is 20.8. The van der Waals surface area contributed by atoms with Crippen LogP contribution in [0.15, 0.2) is 4.47 Å².